The topological polar surface area (TPSA) is 397 Å². The van der Waals surface area contributed by atoms with Crippen molar-refractivity contribution in [2.24, 2.45) is 33.5 Å². The zero-order chi connectivity index (χ0) is 103. The number of hydrogen-bond donors (Lipinski definition) is 10. The maximum Gasteiger partial charge on any atom is 0.246 e. The van der Waals surface area contributed by atoms with E-state index in [1.54, 1.807) is 42.5 Å². The Balaban J connectivity index is 0.435. The molecule has 6 amide bonds. The van der Waals surface area contributed by atoms with Crippen molar-refractivity contribution in [3.8, 4) is 64.5 Å². The zero-order valence-electron chi connectivity index (χ0n) is 86.2. The van der Waals surface area contributed by atoms with Gasteiger partial charge in [0.15, 0.2) is 23.2 Å². The van der Waals surface area contributed by atoms with Crippen LogP contribution in [0.25, 0.3) is 22.5 Å². The number of aliphatic hydroxyl groups excluding tert-OH is 2. The van der Waals surface area contributed by atoms with Crippen molar-refractivity contribution in [2.45, 2.75) is 249 Å². The number of ether oxygens (including phenoxy) is 1. The Kier molecular flexibility index (Phi) is 29.7. The summed E-state index contributed by atoms with van der Waals surface area (Å²) in [6.07, 6.45) is 33.7. The number of anilines is 6. The van der Waals surface area contributed by atoms with Gasteiger partial charge in [-0.25, -0.2) is 24.3 Å². The molecule has 4 aromatic heterocycles. The van der Waals surface area contributed by atoms with Gasteiger partial charge in [-0.2, -0.15) is 0 Å². The molecule has 34 nitrogen and oxygen atoms in total. The number of carbonyl (C=O) groups is 6. The van der Waals surface area contributed by atoms with Crippen molar-refractivity contribution < 1.29 is 58.3 Å². The number of aromatic nitrogens is 8. The van der Waals surface area contributed by atoms with Gasteiger partial charge >= 0.3 is 0 Å². The van der Waals surface area contributed by atoms with Crippen LogP contribution in [0, 0.1) is 64.0 Å². The lowest BCUT2D eigenvalue weighted by Gasteiger charge is -2.55. The highest BCUT2D eigenvalue weighted by Crippen LogP contribution is 2.57. The molecule has 148 heavy (non-hydrogen) atoms. The van der Waals surface area contributed by atoms with Crippen LogP contribution in [0.15, 0.2) is 116 Å². The number of rotatable bonds is 28. The molecule has 4 aliphatic carbocycles. The molecule has 8 atom stereocenters. The number of phenols is 2. The van der Waals surface area contributed by atoms with Crippen molar-refractivity contribution in [3.05, 3.63) is 161 Å². The van der Waals surface area contributed by atoms with E-state index in [0.29, 0.717) is 151 Å². The molecule has 10 N–H and O–H groups in total. The Bertz CT molecular complexity index is 6280. The number of nitrogens with zero attached hydrogens (tertiary/aromatic N) is 17. The SMILES string of the molecule is C#Cc1ccc(CNC(=O)[C@@H]2C[C@@H](O)CN2C(=O)[C@@H](NC(=O)C2CCC3(CC2)CC(N2CCC(c4cnc(N5CCN6c7cc(-c8ccccc8O)nnc7NC[C@H]6C5)nc4)CC2)C3)C(C)(C)Cc2cc(CNC(=O)[C@@H]3C[C@@H](O)CN3C(=O)[C@@H](NC(=O)C3CCC4(CC3)CC(N3CCC(c5cnc(N6CCN7c8cc(-c9cccc(F)c9O)nnc8NC[C@H]7C6)nc5)CC3)C4)C(C)(C)C)ccc2C#C)c(OCCCN(C)C)c1. The summed E-state index contributed by atoms with van der Waals surface area (Å²) in [4.78, 5) is 129. The molecule has 12 heterocycles. The molecular formula is C113H142FN23O11. The van der Waals surface area contributed by atoms with E-state index < -0.39 is 88.3 Å². The second-order valence-corrected chi connectivity index (χ2v) is 46.1. The van der Waals surface area contributed by atoms with Gasteiger partial charge in [-0.15, -0.1) is 33.2 Å². The smallest absolute Gasteiger partial charge is 0.246 e. The van der Waals surface area contributed by atoms with E-state index in [-0.39, 0.29) is 97.4 Å². The number of phenolic OH excluding ortho intramolecular Hbond substituents is 2. The third-order valence-corrected chi connectivity index (χ3v) is 34.6. The number of benzene rings is 4. The monoisotopic (exact) mass is 2020 g/mol. The van der Waals surface area contributed by atoms with Crippen LogP contribution in [0.1, 0.15) is 207 Å². The molecule has 8 aliphatic heterocycles. The molecular weight excluding hydrogens is 1870 g/mol. The van der Waals surface area contributed by atoms with Gasteiger partial charge in [0.25, 0.3) is 0 Å². The Morgan fingerprint density at radius 1 is 0.547 bits per heavy atom. The van der Waals surface area contributed by atoms with Gasteiger partial charge in [-0.05, 0) is 266 Å². The number of halogens is 1. The number of fused-ring (bicyclic) bond motifs is 6. The standard InChI is InChI=1S/C113H142FN23O11/c1-10-69-20-23-76(96(47-69)148-45-15-36-129(8)9)58-118-105(145)94-49-85(139)68-137(94)107(147)99(124-103(143)75-26-34-113(35-27-75)55-81(56-113)131-39-30-73(31-40-131)78-59-119-108(120-60-78)132-41-43-134-82(65-132)63-115-100-91(134)50-89(125-127-100)86-16-12-13-19-95(86)140)111(6,7)52-77-46-70(21-22-71(77)11-2)57-117-104(144)93-48-84(138)67-136(93)106(146)98(110(3,4)5)123-102(142)74-24-32-112(33-25-74)53-80(54-112)130-37-28-72(29-38-130)79-61-121-109(122-62-79)133-42-44-135-83(66-133)64-116-101-92(135)51-90(126-128-101)87-17-14-18-88(114)97(87)141/h1-2,12-14,16-23,46-47,50-51,59-62,72-75,80-85,93-94,98-99,138-141H,15,24-45,48-49,52-58,63-68H2,3-9H3,(H,115,127)(H,116,128)(H,117,144)(H,118,145)(H,123,142)(H,124,143)/t74?,75?,80?,81?,82-,83-,84+,85+,93-,94-,98+,99+,112?,113?/m0/s1. The number of carbonyl (C=O) groups excluding carboxylic acids is 6. The van der Waals surface area contributed by atoms with E-state index in [9.17, 15) is 39.2 Å². The van der Waals surface area contributed by atoms with Gasteiger partial charge < -0.3 is 101 Å². The number of nitrogens with one attached hydrogen (secondary N) is 6. The van der Waals surface area contributed by atoms with E-state index in [0.717, 1.165) is 170 Å². The summed E-state index contributed by atoms with van der Waals surface area (Å²) >= 11 is 0. The number of β-amino-alcohol motifs (C(OH)–C–C–N with tert-alkyl or cyclic N) is 2. The lowest BCUT2D eigenvalue weighted by Crippen LogP contribution is -2.60. The number of aromatic hydroxyl groups is 2. The molecule has 35 heteroatoms. The Morgan fingerprint density at radius 3 is 1.55 bits per heavy atom. The molecule has 12 aliphatic rings. The van der Waals surface area contributed by atoms with E-state index in [1.165, 1.54) is 15.9 Å². The maximum absolute atomic E-state index is 15.9. The van der Waals surface area contributed by atoms with Crippen molar-refractivity contribution in [1.82, 2.24) is 86.1 Å². The van der Waals surface area contributed by atoms with Gasteiger partial charge in [0.1, 0.15) is 35.7 Å². The number of piperazine rings is 2. The average Bonchev–Trinajstić information content (AvgIpc) is 1.01. The molecule has 10 fully saturated rings. The van der Waals surface area contributed by atoms with Gasteiger partial charge in [0.05, 0.1) is 53.7 Å². The maximum atomic E-state index is 15.9. The summed E-state index contributed by atoms with van der Waals surface area (Å²) in [5, 5.41) is 81.0. The van der Waals surface area contributed by atoms with Crippen LogP contribution >= 0.6 is 0 Å². The normalized spacial score (nSPS) is 25.7. The first-order chi connectivity index (χ1) is 71.3. The summed E-state index contributed by atoms with van der Waals surface area (Å²) in [6.45, 7) is 20.1. The number of likely N-dealkylation sites (tertiary alicyclic amines) is 4. The number of hydrogen-bond acceptors (Lipinski definition) is 28. The summed E-state index contributed by atoms with van der Waals surface area (Å²) in [7, 11) is 3.98. The minimum Gasteiger partial charge on any atom is -0.507 e. The minimum absolute atomic E-state index is 0.000942. The van der Waals surface area contributed by atoms with Gasteiger partial charge in [0.2, 0.25) is 47.3 Å². The predicted octanol–water partition coefficient (Wildman–Crippen LogP) is 10.1. The summed E-state index contributed by atoms with van der Waals surface area (Å²) < 4.78 is 20.6. The molecule has 6 saturated heterocycles. The lowest BCUT2D eigenvalue weighted by molar-refractivity contribution is -0.145. The first-order valence-corrected chi connectivity index (χ1v) is 53.5. The molecule has 4 aromatic carbocycles. The van der Waals surface area contributed by atoms with Crippen LogP contribution < -0.4 is 56.2 Å². The second kappa shape index (κ2) is 43.0. The largest absolute Gasteiger partial charge is 0.507 e. The van der Waals surface area contributed by atoms with Crippen LogP contribution in [-0.4, -0.2) is 300 Å². The molecule has 0 bridgehead atoms. The summed E-state index contributed by atoms with van der Waals surface area (Å²) in [5.74, 6) is 5.53. The van der Waals surface area contributed by atoms with Crippen molar-refractivity contribution in [1.29, 1.82) is 0 Å². The van der Waals surface area contributed by atoms with Gasteiger partial charge in [0, 0.05) is 174 Å². The second-order valence-electron chi connectivity index (χ2n) is 46.1. The fourth-order valence-electron chi connectivity index (χ4n) is 25.9. The quantitative estimate of drug-likeness (QED) is 0.0161. The average molecular weight is 2020 g/mol. The first-order valence-electron chi connectivity index (χ1n) is 53.5. The number of amides is 6. The first kappa shape index (κ1) is 102. The number of aliphatic hydroxyl groups is 2. The molecule has 8 aromatic rings. The third kappa shape index (κ3) is 21.8. The minimum atomic E-state index is -1.22. The summed E-state index contributed by atoms with van der Waals surface area (Å²) in [5.41, 5.74) is 7.63. The Labute approximate surface area is 866 Å². The lowest BCUT2D eigenvalue weighted by atomic mass is 9.56. The van der Waals surface area contributed by atoms with Gasteiger partial charge in [-0.1, -0.05) is 82.9 Å². The highest BCUT2D eigenvalue weighted by molar-refractivity contribution is 5.95. The molecule has 4 saturated carbocycles. The van der Waals surface area contributed by atoms with Crippen molar-refractivity contribution >= 4 is 70.4 Å². The van der Waals surface area contributed by atoms with Crippen molar-refractivity contribution in [3.63, 3.8) is 0 Å². The fourth-order valence-corrected chi connectivity index (χ4v) is 25.9. The Hall–Kier alpha value is -12.9. The number of terminal acetylenes is 2. The molecule has 2 spiro atoms. The predicted molar refractivity (Wildman–Crippen MR) is 562 cm³/mol. The zero-order valence-corrected chi connectivity index (χ0v) is 86.2. The van der Waals surface area contributed by atoms with Crippen molar-refractivity contribution in [2.75, 3.05) is 149 Å². The molecule has 0 unspecified atom stereocenters. The number of para-hydroxylation sites is 2. The summed E-state index contributed by atoms with van der Waals surface area (Å²) in [6, 6.07) is 23.1. The van der Waals surface area contributed by atoms with E-state index >= 15 is 14.4 Å². The molecule has 20 rings (SSSR count). The Morgan fingerprint density at radius 2 is 1.05 bits per heavy atom. The van der Waals surface area contributed by atoms with Gasteiger partial charge in [-0.3, -0.25) is 28.8 Å². The van der Waals surface area contributed by atoms with Crippen LogP contribution in [0.5, 0.6) is 17.2 Å². The van der Waals surface area contributed by atoms with Crippen LogP contribution in [-0.2, 0) is 48.3 Å². The van der Waals surface area contributed by atoms with Crippen LogP contribution in [0.2, 0.25) is 0 Å². The van der Waals surface area contributed by atoms with E-state index in [1.807, 2.05) is 116 Å². The number of piperidine rings is 2. The van der Waals surface area contributed by atoms with Crippen LogP contribution in [0.3, 0.4) is 0 Å². The van der Waals surface area contributed by atoms with E-state index in [2.05, 4.69) is 98.4 Å². The van der Waals surface area contributed by atoms with Crippen LogP contribution in [0.4, 0.5) is 39.3 Å². The molecule has 0 radical (unpaired) electrons. The highest BCUT2D eigenvalue weighted by Gasteiger charge is 2.55. The highest BCUT2D eigenvalue weighted by atomic mass is 19.1. The third-order valence-electron chi connectivity index (χ3n) is 34.6. The van der Waals surface area contributed by atoms with E-state index in [4.69, 9.17) is 37.5 Å². The fraction of sp³-hybridized carbons (Fsp3) is 0.558. The molecule has 782 valence electrons.